The lowest BCUT2D eigenvalue weighted by Gasteiger charge is -2.71. The second-order valence-electron chi connectivity index (χ2n) is 20.7. The molecular formula is C47H70N2O7. The van der Waals surface area contributed by atoms with Crippen molar-refractivity contribution >= 4 is 11.9 Å². The van der Waals surface area contributed by atoms with Crippen molar-refractivity contribution in [3.05, 3.63) is 47.5 Å². The normalized spacial score (nSPS) is 42.2. The van der Waals surface area contributed by atoms with Gasteiger partial charge >= 0.3 is 11.9 Å². The highest BCUT2D eigenvalue weighted by Gasteiger charge is 2.80. The molecular weight excluding hydrogens is 705 g/mol. The largest absolute Gasteiger partial charge is 0.458 e. The van der Waals surface area contributed by atoms with Crippen LogP contribution in [0.15, 0.2) is 42.0 Å². The average Bonchev–Trinajstić information content (AvgIpc) is 3.96. The van der Waals surface area contributed by atoms with Crippen LogP contribution in [-0.4, -0.2) is 63.4 Å². The van der Waals surface area contributed by atoms with E-state index in [9.17, 15) is 24.9 Å². The third-order valence-electron chi connectivity index (χ3n) is 17.4. The minimum absolute atomic E-state index is 0.138. The number of ether oxygens (including phenoxy) is 2. The van der Waals surface area contributed by atoms with Gasteiger partial charge in [0.05, 0.1) is 23.2 Å². The first-order chi connectivity index (χ1) is 26.7. The Morgan fingerprint density at radius 2 is 1.75 bits per heavy atom. The first-order valence-electron chi connectivity index (χ1n) is 22.4. The summed E-state index contributed by atoms with van der Waals surface area (Å²) in [6.07, 6.45) is 17.1. The molecule has 2 aliphatic heterocycles. The predicted octanol–water partition coefficient (Wildman–Crippen LogP) is 7.46. The van der Waals surface area contributed by atoms with Gasteiger partial charge in [-0.25, -0.2) is 10.2 Å². The van der Waals surface area contributed by atoms with Crippen LogP contribution in [0.5, 0.6) is 0 Å². The molecule has 1 aromatic carbocycles. The molecule has 8 rings (SSSR count). The quantitative estimate of drug-likeness (QED) is 0.137. The van der Waals surface area contributed by atoms with Gasteiger partial charge in [-0.3, -0.25) is 10.2 Å². The van der Waals surface area contributed by atoms with E-state index in [-0.39, 0.29) is 36.4 Å². The summed E-state index contributed by atoms with van der Waals surface area (Å²) in [6.45, 7) is 8.24. The number of cyclic esters (lactones) is 1. The van der Waals surface area contributed by atoms with Crippen LogP contribution >= 0.6 is 0 Å². The van der Waals surface area contributed by atoms with E-state index < -0.39 is 52.2 Å². The van der Waals surface area contributed by atoms with Crippen molar-refractivity contribution in [3.63, 3.8) is 0 Å². The van der Waals surface area contributed by atoms with Crippen LogP contribution in [0.3, 0.4) is 0 Å². The number of esters is 2. The minimum Gasteiger partial charge on any atom is -0.458 e. The van der Waals surface area contributed by atoms with Crippen molar-refractivity contribution in [1.29, 1.82) is 0 Å². The molecule has 5 aliphatic carbocycles. The molecule has 9 nitrogen and oxygen atoms in total. The van der Waals surface area contributed by atoms with Crippen molar-refractivity contribution in [1.82, 2.24) is 10.9 Å². The van der Waals surface area contributed by atoms with Crippen molar-refractivity contribution in [2.75, 3.05) is 6.61 Å². The van der Waals surface area contributed by atoms with Crippen LogP contribution in [-0.2, 0) is 25.5 Å². The maximum atomic E-state index is 13.7. The van der Waals surface area contributed by atoms with Gasteiger partial charge in [0, 0.05) is 31.4 Å². The Hall–Kier alpha value is -2.30. The van der Waals surface area contributed by atoms with Gasteiger partial charge in [-0.2, -0.15) is 0 Å². The lowest BCUT2D eigenvalue weighted by atomic mass is 9.36. The topological polar surface area (TPSA) is 137 Å². The first-order valence-corrected chi connectivity index (χ1v) is 22.4. The van der Waals surface area contributed by atoms with Crippen LogP contribution in [0.2, 0.25) is 0 Å². The van der Waals surface area contributed by atoms with Crippen molar-refractivity contribution in [2.24, 2.45) is 45.3 Å². The summed E-state index contributed by atoms with van der Waals surface area (Å²) in [5.41, 5.74) is 5.66. The Balaban J connectivity index is 1.17. The number of carbonyl (C=O) groups is 2. The molecule has 56 heavy (non-hydrogen) atoms. The average molecular weight is 775 g/mol. The smallest absolute Gasteiger partial charge is 0.331 e. The summed E-state index contributed by atoms with van der Waals surface area (Å²) in [5.74, 6) is -1.31. The molecule has 9 heteroatoms. The number of carbonyl (C=O) groups excluding carboxylic acids is 2. The Bertz CT molecular complexity index is 1650. The van der Waals surface area contributed by atoms with Gasteiger partial charge in [0.2, 0.25) is 0 Å². The molecule has 1 unspecified atom stereocenters. The standard InChI is InChI=1S/C47H70N2O7/c1-31(11-10-14-34-12-6-5-7-13-34)15-16-38(51)47-39(52)18-21-42(4)36-27-44(24-23-43(30-44)19-8-9-20-43)28-37(36)48-49-46(41(42)47,56-33(3)50)26-32(2)45(47,54)22-17-35-25-40(53)55-29-35/h5-7,12-13,25,31-32,36-39,41,48-49,51-52,54H,8-11,14-24,26-30H2,1-4H3/t31-,32+,36+,37+,38+,39+,41?,42+,44-,45-,46+,47+/m1/s1. The summed E-state index contributed by atoms with van der Waals surface area (Å²) in [6, 6.07) is 10.7. The summed E-state index contributed by atoms with van der Waals surface area (Å²) in [7, 11) is 0. The lowest BCUT2D eigenvalue weighted by Crippen LogP contribution is -2.81. The van der Waals surface area contributed by atoms with E-state index in [1.54, 1.807) is 0 Å². The van der Waals surface area contributed by atoms with E-state index >= 15 is 0 Å². The number of hydrogen-bond acceptors (Lipinski definition) is 9. The van der Waals surface area contributed by atoms with E-state index in [2.05, 4.69) is 49.0 Å². The zero-order valence-electron chi connectivity index (χ0n) is 34.6. The van der Waals surface area contributed by atoms with Gasteiger partial charge in [-0.05, 0) is 141 Å². The fourth-order valence-corrected chi connectivity index (χ4v) is 15.1. The van der Waals surface area contributed by atoms with Gasteiger partial charge in [0.15, 0.2) is 5.72 Å². The third-order valence-corrected chi connectivity index (χ3v) is 17.4. The number of nitrogens with one attached hydrogen (secondary N) is 2. The summed E-state index contributed by atoms with van der Waals surface area (Å²) < 4.78 is 11.9. The van der Waals surface area contributed by atoms with Crippen LogP contribution in [0.4, 0.5) is 0 Å². The highest BCUT2D eigenvalue weighted by molar-refractivity contribution is 5.85. The zero-order valence-corrected chi connectivity index (χ0v) is 34.6. The molecule has 5 saturated carbocycles. The monoisotopic (exact) mass is 775 g/mol. The number of hydrazine groups is 1. The molecule has 0 aromatic heterocycles. The van der Waals surface area contributed by atoms with E-state index in [0.29, 0.717) is 37.0 Å². The molecule has 6 fully saturated rings. The van der Waals surface area contributed by atoms with Crippen molar-refractivity contribution in [3.8, 4) is 0 Å². The predicted molar refractivity (Wildman–Crippen MR) is 215 cm³/mol. The molecule has 2 heterocycles. The Morgan fingerprint density at radius 1 is 1.00 bits per heavy atom. The van der Waals surface area contributed by atoms with E-state index in [1.807, 2.05) is 13.0 Å². The number of hydrogen-bond donors (Lipinski definition) is 5. The molecule has 0 bridgehead atoms. The highest BCUT2D eigenvalue weighted by Crippen LogP contribution is 2.74. The fraction of sp³-hybridized carbons (Fsp3) is 0.787. The Kier molecular flexibility index (Phi) is 10.9. The van der Waals surface area contributed by atoms with Crippen LogP contribution in [0.25, 0.3) is 0 Å². The molecule has 310 valence electrons. The number of aryl methyl sites for hydroxylation is 1. The minimum atomic E-state index is -1.54. The van der Waals surface area contributed by atoms with Gasteiger partial charge in [-0.15, -0.1) is 0 Å². The maximum Gasteiger partial charge on any atom is 0.331 e. The van der Waals surface area contributed by atoms with Crippen molar-refractivity contribution in [2.45, 2.75) is 179 Å². The van der Waals surface area contributed by atoms with Crippen molar-refractivity contribution < 1.29 is 34.4 Å². The van der Waals surface area contributed by atoms with Gasteiger partial charge in [0.25, 0.3) is 0 Å². The molecule has 7 aliphatic rings. The molecule has 12 atom stereocenters. The van der Waals surface area contributed by atoms with Crippen LogP contribution in [0, 0.1) is 45.3 Å². The summed E-state index contributed by atoms with van der Waals surface area (Å²) in [5, 5.41) is 39.7. The number of benzene rings is 1. The second kappa shape index (κ2) is 15.1. The number of rotatable bonds is 12. The fourth-order valence-electron chi connectivity index (χ4n) is 15.1. The summed E-state index contributed by atoms with van der Waals surface area (Å²) >= 11 is 0. The number of aliphatic hydroxyl groups is 3. The van der Waals surface area contributed by atoms with E-state index in [1.165, 1.54) is 63.5 Å². The SMILES string of the molecule is CC(=O)O[C@@]12C[C@H](C)[C@](O)(CCC3=CC(=O)OC3)[C@]3([C@@H](O)CC[C@H](C)CCCc4ccccc4)C1[C@@](C)(CC[C@@H]3O)[C@H]1C[C@]3(CCC4(CCCC4)C3)C[C@@H]1NN2. The third kappa shape index (κ3) is 6.71. The summed E-state index contributed by atoms with van der Waals surface area (Å²) in [4.78, 5) is 25.5. The Labute approximate surface area is 335 Å². The lowest BCUT2D eigenvalue weighted by molar-refractivity contribution is -0.351. The van der Waals surface area contributed by atoms with Crippen LogP contribution < -0.4 is 10.9 Å². The number of aliphatic hydroxyl groups excluding tert-OH is 2. The first kappa shape index (κ1) is 40.5. The highest BCUT2D eigenvalue weighted by atomic mass is 16.6. The molecule has 2 spiro atoms. The zero-order chi connectivity index (χ0) is 39.6. The molecule has 0 amide bonds. The van der Waals surface area contributed by atoms with Crippen LogP contribution in [0.1, 0.15) is 149 Å². The van der Waals surface area contributed by atoms with E-state index in [0.717, 1.165) is 50.5 Å². The maximum absolute atomic E-state index is 13.7. The van der Waals surface area contributed by atoms with E-state index in [4.69, 9.17) is 9.47 Å². The second-order valence-corrected chi connectivity index (χ2v) is 20.7. The molecule has 1 aromatic rings. The Morgan fingerprint density at radius 3 is 2.46 bits per heavy atom. The van der Waals surface area contributed by atoms with Gasteiger partial charge < -0.3 is 24.8 Å². The van der Waals surface area contributed by atoms with Gasteiger partial charge in [-0.1, -0.05) is 70.4 Å². The molecule has 1 saturated heterocycles. The van der Waals surface area contributed by atoms with Gasteiger partial charge in [0.1, 0.15) is 6.61 Å². The molecule has 0 radical (unpaired) electrons. The molecule has 5 N–H and O–H groups in total. The number of fused-ring (bicyclic) bond motifs is 2.